The van der Waals surface area contributed by atoms with Crippen molar-refractivity contribution in [3.63, 3.8) is 0 Å². The van der Waals surface area contributed by atoms with Gasteiger partial charge in [0.2, 0.25) is 0 Å². The van der Waals surface area contributed by atoms with Crippen molar-refractivity contribution in [1.82, 2.24) is 5.32 Å². The Hall–Kier alpha value is -4.95. The molecule has 0 aliphatic heterocycles. The van der Waals surface area contributed by atoms with Crippen LogP contribution >= 0.6 is 0 Å². The van der Waals surface area contributed by atoms with Crippen molar-refractivity contribution in [3.05, 3.63) is 126 Å². The van der Waals surface area contributed by atoms with Gasteiger partial charge in [-0.25, -0.2) is 4.79 Å². The number of alkyl carbamates (subject to hydrolysis) is 1. The Labute approximate surface area is 244 Å². The molecule has 5 rings (SSSR count). The Morgan fingerprint density at radius 1 is 0.810 bits per heavy atom. The Kier molecular flexibility index (Phi) is 8.94. The van der Waals surface area contributed by atoms with Crippen LogP contribution in [0.3, 0.4) is 0 Å². The van der Waals surface area contributed by atoms with Gasteiger partial charge in [-0.3, -0.25) is 14.5 Å². The van der Waals surface area contributed by atoms with E-state index in [1.165, 1.54) is 0 Å². The molecule has 8 nitrogen and oxygen atoms in total. The van der Waals surface area contributed by atoms with E-state index in [0.29, 0.717) is 5.69 Å². The highest BCUT2D eigenvalue weighted by molar-refractivity contribution is 6.02. The maximum absolute atomic E-state index is 13.9. The smallest absolute Gasteiger partial charge is 0.407 e. The lowest BCUT2D eigenvalue weighted by molar-refractivity contribution is -0.137. The van der Waals surface area contributed by atoms with Crippen LogP contribution in [0.2, 0.25) is 0 Å². The summed E-state index contributed by atoms with van der Waals surface area (Å²) in [7, 11) is 0. The highest BCUT2D eigenvalue weighted by Crippen LogP contribution is 2.44. The summed E-state index contributed by atoms with van der Waals surface area (Å²) in [6.07, 6.45) is -1.60. The third kappa shape index (κ3) is 6.50. The number of anilines is 1. The van der Waals surface area contributed by atoms with Crippen LogP contribution in [-0.2, 0) is 25.7 Å². The molecule has 0 saturated carbocycles. The van der Waals surface area contributed by atoms with Gasteiger partial charge in [-0.15, -0.1) is 0 Å². The maximum Gasteiger partial charge on any atom is 0.407 e. The lowest BCUT2D eigenvalue weighted by Crippen LogP contribution is -2.55. The molecule has 2 amide bonds. The van der Waals surface area contributed by atoms with Crippen LogP contribution in [0.4, 0.5) is 10.5 Å². The number of nitrogens with zero attached hydrogens (tertiary/aromatic N) is 1. The standard InChI is InChI=1S/C34H32N2O6/c1-23(41-21-24-12-4-2-5-13-24)32(33(39)36(20-31(37)38)25-14-6-3-7-15-25)35-34(40)42-22-30-28-18-10-8-16-26(28)27-17-9-11-19-29(27)30/h2-19,23,30,32H,20-22H2,1H3,(H,35,40)(H,37,38)/t23-,32+/m0/s1. The average molecular weight is 565 g/mol. The maximum atomic E-state index is 13.9. The fourth-order valence-corrected chi connectivity index (χ4v) is 5.25. The molecule has 2 N–H and O–H groups in total. The highest BCUT2D eigenvalue weighted by Gasteiger charge is 2.35. The molecular weight excluding hydrogens is 532 g/mol. The van der Waals surface area contributed by atoms with Gasteiger partial charge in [-0.1, -0.05) is 97.1 Å². The van der Waals surface area contributed by atoms with Gasteiger partial charge in [0.15, 0.2) is 0 Å². The van der Waals surface area contributed by atoms with E-state index in [4.69, 9.17) is 9.47 Å². The second kappa shape index (κ2) is 13.1. The van der Waals surface area contributed by atoms with E-state index in [9.17, 15) is 19.5 Å². The number of aliphatic carboxylic acids is 1. The van der Waals surface area contributed by atoms with Crippen molar-refractivity contribution >= 4 is 23.7 Å². The monoisotopic (exact) mass is 564 g/mol. The number of carboxylic acid groups (broad SMARTS) is 1. The second-order valence-electron chi connectivity index (χ2n) is 10.1. The summed E-state index contributed by atoms with van der Waals surface area (Å²) in [6.45, 7) is 1.34. The first kappa shape index (κ1) is 28.6. The van der Waals surface area contributed by atoms with Crippen molar-refractivity contribution in [1.29, 1.82) is 0 Å². The van der Waals surface area contributed by atoms with Crippen LogP contribution in [-0.4, -0.2) is 48.4 Å². The number of para-hydroxylation sites is 1. The summed E-state index contributed by atoms with van der Waals surface area (Å²) >= 11 is 0. The lowest BCUT2D eigenvalue weighted by atomic mass is 9.98. The van der Waals surface area contributed by atoms with E-state index >= 15 is 0 Å². The number of fused-ring (bicyclic) bond motifs is 3. The highest BCUT2D eigenvalue weighted by atomic mass is 16.5. The normalized spacial score (nSPS) is 13.4. The predicted molar refractivity (Wildman–Crippen MR) is 159 cm³/mol. The molecule has 42 heavy (non-hydrogen) atoms. The Bertz CT molecular complexity index is 1500. The number of carbonyl (C=O) groups excluding carboxylic acids is 2. The first-order chi connectivity index (χ1) is 20.4. The molecule has 4 aromatic carbocycles. The largest absolute Gasteiger partial charge is 0.480 e. The quantitative estimate of drug-likeness (QED) is 0.245. The van der Waals surface area contributed by atoms with E-state index < -0.39 is 36.7 Å². The number of hydrogen-bond donors (Lipinski definition) is 2. The summed E-state index contributed by atoms with van der Waals surface area (Å²) in [4.78, 5) is 39.9. The zero-order valence-electron chi connectivity index (χ0n) is 23.2. The first-order valence-electron chi connectivity index (χ1n) is 13.8. The summed E-state index contributed by atoms with van der Waals surface area (Å²) in [6, 6.07) is 32.7. The van der Waals surface area contributed by atoms with Crippen LogP contribution < -0.4 is 10.2 Å². The van der Waals surface area contributed by atoms with Gasteiger partial charge in [0.25, 0.3) is 5.91 Å². The van der Waals surface area contributed by atoms with E-state index in [1.807, 2.05) is 66.7 Å². The number of rotatable bonds is 11. The molecule has 1 aliphatic rings. The van der Waals surface area contributed by atoms with Gasteiger partial charge < -0.3 is 19.9 Å². The zero-order valence-corrected chi connectivity index (χ0v) is 23.2. The van der Waals surface area contributed by atoms with Gasteiger partial charge in [0.1, 0.15) is 19.2 Å². The fourth-order valence-electron chi connectivity index (χ4n) is 5.25. The van der Waals surface area contributed by atoms with Crippen molar-refractivity contribution in [2.45, 2.75) is 31.6 Å². The number of amides is 2. The molecule has 0 saturated heterocycles. The number of nitrogens with one attached hydrogen (secondary N) is 1. The summed E-state index contributed by atoms with van der Waals surface area (Å²) in [5.41, 5.74) is 5.61. The molecule has 4 aromatic rings. The number of ether oxygens (including phenoxy) is 2. The van der Waals surface area contributed by atoms with E-state index in [2.05, 4.69) is 17.4 Å². The van der Waals surface area contributed by atoms with Crippen LogP contribution in [0.1, 0.15) is 29.5 Å². The van der Waals surface area contributed by atoms with Crippen molar-refractivity contribution in [2.24, 2.45) is 0 Å². The summed E-state index contributed by atoms with van der Waals surface area (Å²) < 4.78 is 11.7. The molecule has 0 radical (unpaired) electrons. The predicted octanol–water partition coefficient (Wildman–Crippen LogP) is 5.62. The molecule has 0 fully saturated rings. The van der Waals surface area contributed by atoms with Crippen LogP contribution in [0.25, 0.3) is 11.1 Å². The Balaban J connectivity index is 1.34. The fraction of sp³-hybridized carbons (Fsp3) is 0.206. The molecule has 214 valence electrons. The molecule has 2 atom stereocenters. The molecule has 0 heterocycles. The van der Waals surface area contributed by atoms with E-state index in [0.717, 1.165) is 32.7 Å². The van der Waals surface area contributed by atoms with Crippen LogP contribution in [0.5, 0.6) is 0 Å². The molecule has 0 bridgehead atoms. The molecule has 1 aliphatic carbocycles. The minimum atomic E-state index is -1.22. The third-order valence-electron chi connectivity index (χ3n) is 7.34. The third-order valence-corrected chi connectivity index (χ3v) is 7.34. The van der Waals surface area contributed by atoms with E-state index in [-0.39, 0.29) is 19.1 Å². The van der Waals surface area contributed by atoms with Crippen LogP contribution in [0, 0.1) is 0 Å². The lowest BCUT2D eigenvalue weighted by Gasteiger charge is -2.30. The number of carbonyl (C=O) groups is 3. The van der Waals surface area contributed by atoms with Gasteiger partial charge >= 0.3 is 12.1 Å². The minimum Gasteiger partial charge on any atom is -0.480 e. The topological polar surface area (TPSA) is 105 Å². The average Bonchev–Trinajstić information content (AvgIpc) is 3.34. The molecule has 0 spiro atoms. The number of benzene rings is 4. The molecular formula is C34H32N2O6. The minimum absolute atomic E-state index is 0.0670. The van der Waals surface area contributed by atoms with Gasteiger partial charge in [0, 0.05) is 11.6 Å². The van der Waals surface area contributed by atoms with E-state index in [1.54, 1.807) is 37.3 Å². The second-order valence-corrected chi connectivity index (χ2v) is 10.1. The Morgan fingerprint density at radius 3 is 1.95 bits per heavy atom. The van der Waals surface area contributed by atoms with Gasteiger partial charge in [-0.2, -0.15) is 0 Å². The molecule has 0 unspecified atom stereocenters. The number of carboxylic acids is 1. The Morgan fingerprint density at radius 2 is 1.36 bits per heavy atom. The van der Waals surface area contributed by atoms with Crippen molar-refractivity contribution in [3.8, 4) is 11.1 Å². The van der Waals surface area contributed by atoms with Crippen molar-refractivity contribution < 1.29 is 29.0 Å². The summed E-state index contributed by atoms with van der Waals surface area (Å²) in [5.74, 6) is -1.97. The molecule has 0 aromatic heterocycles. The molecule has 8 heteroatoms. The zero-order chi connectivity index (χ0) is 29.5. The summed E-state index contributed by atoms with van der Waals surface area (Å²) in [5, 5.41) is 12.3. The first-order valence-corrected chi connectivity index (χ1v) is 13.8. The number of hydrogen-bond acceptors (Lipinski definition) is 5. The van der Waals surface area contributed by atoms with Gasteiger partial charge in [-0.05, 0) is 46.9 Å². The van der Waals surface area contributed by atoms with Gasteiger partial charge in [0.05, 0.1) is 12.7 Å². The van der Waals surface area contributed by atoms with Crippen LogP contribution in [0.15, 0.2) is 109 Å². The van der Waals surface area contributed by atoms with Crippen molar-refractivity contribution in [2.75, 3.05) is 18.1 Å². The SMILES string of the molecule is C[C@H](OCc1ccccc1)[C@@H](NC(=O)OCC1c2ccccc2-c2ccccc21)C(=O)N(CC(=O)O)c1ccccc1.